The average Bonchev–Trinajstić information content (AvgIpc) is 3.22. The van der Waals surface area contributed by atoms with E-state index in [1.807, 2.05) is 4.90 Å². The molecule has 2 atom stereocenters. The molecule has 28 heavy (non-hydrogen) atoms. The van der Waals surface area contributed by atoms with Gasteiger partial charge in [-0.2, -0.15) is 0 Å². The second-order valence-electron chi connectivity index (χ2n) is 8.98. The first-order valence-electron chi connectivity index (χ1n) is 9.76. The van der Waals surface area contributed by atoms with Gasteiger partial charge in [-0.15, -0.1) is 0 Å². The number of pyridine rings is 1. The van der Waals surface area contributed by atoms with Crippen LogP contribution in [0.25, 0.3) is 0 Å². The maximum absolute atomic E-state index is 12.8. The molecule has 2 aliphatic rings. The van der Waals surface area contributed by atoms with Crippen LogP contribution in [0.3, 0.4) is 0 Å². The van der Waals surface area contributed by atoms with Crippen molar-refractivity contribution >= 4 is 11.7 Å². The molecule has 148 valence electrons. The monoisotopic (exact) mass is 381 g/mol. The van der Waals surface area contributed by atoms with E-state index in [0.29, 0.717) is 24.9 Å². The van der Waals surface area contributed by atoms with Crippen molar-refractivity contribution in [3.05, 3.63) is 52.3 Å². The summed E-state index contributed by atoms with van der Waals surface area (Å²) in [6.07, 6.45) is 3.31. The molecule has 2 aromatic heterocycles. The van der Waals surface area contributed by atoms with Crippen molar-refractivity contribution in [1.29, 1.82) is 0 Å². The Hall–Kier alpha value is -2.70. The first kappa shape index (κ1) is 18.7. The third-order valence-corrected chi connectivity index (χ3v) is 5.87. The summed E-state index contributed by atoms with van der Waals surface area (Å²) in [6, 6.07) is 5.45. The smallest absolute Gasteiger partial charge is 0.263 e. The predicted molar refractivity (Wildman–Crippen MR) is 108 cm³/mol. The van der Waals surface area contributed by atoms with E-state index < -0.39 is 0 Å². The van der Waals surface area contributed by atoms with Gasteiger partial charge in [0.2, 0.25) is 0 Å². The Morgan fingerprint density at radius 2 is 1.79 bits per heavy atom. The van der Waals surface area contributed by atoms with Gasteiger partial charge in [-0.05, 0) is 12.1 Å². The van der Waals surface area contributed by atoms with Gasteiger partial charge in [0, 0.05) is 62.7 Å². The van der Waals surface area contributed by atoms with Crippen LogP contribution in [-0.4, -0.2) is 51.5 Å². The number of anilines is 1. The fourth-order valence-electron chi connectivity index (χ4n) is 4.21. The van der Waals surface area contributed by atoms with Crippen LogP contribution in [0.4, 0.5) is 5.82 Å². The van der Waals surface area contributed by atoms with Gasteiger partial charge >= 0.3 is 0 Å². The quantitative estimate of drug-likeness (QED) is 0.792. The van der Waals surface area contributed by atoms with Crippen LogP contribution in [0, 0.1) is 11.8 Å². The van der Waals surface area contributed by atoms with Crippen LogP contribution in [-0.2, 0) is 12.5 Å². The molecule has 7 nitrogen and oxygen atoms in total. The van der Waals surface area contributed by atoms with Crippen LogP contribution in [0.1, 0.15) is 36.8 Å². The molecule has 2 aliphatic heterocycles. The summed E-state index contributed by atoms with van der Waals surface area (Å²) in [6.45, 7) is 9.58. The topological polar surface area (TPSA) is 71.3 Å². The molecular weight excluding hydrogens is 354 g/mol. The lowest BCUT2D eigenvalue weighted by molar-refractivity contribution is 0.0780. The van der Waals surface area contributed by atoms with E-state index in [9.17, 15) is 9.59 Å². The molecular formula is C21H27N5O2. The average molecular weight is 381 g/mol. The normalized spacial score (nSPS) is 21.9. The van der Waals surface area contributed by atoms with Gasteiger partial charge in [0.1, 0.15) is 17.7 Å². The van der Waals surface area contributed by atoms with E-state index in [2.05, 4.69) is 41.7 Å². The Morgan fingerprint density at radius 1 is 1.11 bits per heavy atom. The van der Waals surface area contributed by atoms with Gasteiger partial charge in [0.25, 0.3) is 11.5 Å². The second kappa shape index (κ2) is 6.72. The Morgan fingerprint density at radius 3 is 2.43 bits per heavy atom. The molecule has 2 saturated heterocycles. The lowest BCUT2D eigenvalue weighted by atomic mass is 9.92. The summed E-state index contributed by atoms with van der Waals surface area (Å²) in [5, 5.41) is 0. The minimum atomic E-state index is -0.234. The molecule has 4 rings (SSSR count). The molecule has 2 fully saturated rings. The van der Waals surface area contributed by atoms with Crippen LogP contribution in [0.2, 0.25) is 0 Å². The first-order valence-corrected chi connectivity index (χ1v) is 9.76. The predicted octanol–water partition coefficient (Wildman–Crippen LogP) is 1.68. The van der Waals surface area contributed by atoms with Gasteiger partial charge in [-0.1, -0.05) is 20.8 Å². The standard InChI is InChI=1S/C21H27N5O2/c1-21(2,3)17-8-18(23-13-22-17)25-9-14-11-26(12-15(14)10-25)20(28)16-6-5-7-24(4)19(16)27/h5-8,13-15H,9-12H2,1-4H3. The molecule has 0 bridgehead atoms. The molecule has 0 saturated carbocycles. The van der Waals surface area contributed by atoms with Crippen molar-refractivity contribution in [2.75, 3.05) is 31.1 Å². The summed E-state index contributed by atoms with van der Waals surface area (Å²) in [5.74, 6) is 1.62. The van der Waals surface area contributed by atoms with Crippen molar-refractivity contribution < 1.29 is 4.79 Å². The highest BCUT2D eigenvalue weighted by molar-refractivity contribution is 5.94. The number of rotatable bonds is 2. The number of nitrogens with zero attached hydrogens (tertiary/aromatic N) is 5. The fourth-order valence-corrected chi connectivity index (χ4v) is 4.21. The number of hydrogen-bond donors (Lipinski definition) is 0. The molecule has 0 aromatic carbocycles. The van der Waals surface area contributed by atoms with Crippen molar-refractivity contribution in [2.45, 2.75) is 26.2 Å². The SMILES string of the molecule is Cn1cccc(C(=O)N2CC3CN(c4cc(C(C)(C)C)ncn4)CC3C2)c1=O. The highest BCUT2D eigenvalue weighted by Gasteiger charge is 2.42. The summed E-state index contributed by atoms with van der Waals surface area (Å²) in [7, 11) is 1.67. The third kappa shape index (κ3) is 3.30. The molecule has 0 radical (unpaired) electrons. The molecule has 7 heteroatoms. The van der Waals surface area contributed by atoms with E-state index in [-0.39, 0.29) is 22.4 Å². The summed E-state index contributed by atoms with van der Waals surface area (Å²) >= 11 is 0. The summed E-state index contributed by atoms with van der Waals surface area (Å²) in [5.41, 5.74) is 1.04. The van der Waals surface area contributed by atoms with E-state index >= 15 is 0 Å². The Balaban J connectivity index is 1.46. The van der Waals surface area contributed by atoms with Gasteiger partial charge in [0.05, 0.1) is 5.69 Å². The van der Waals surface area contributed by atoms with Gasteiger partial charge < -0.3 is 14.4 Å². The summed E-state index contributed by atoms with van der Waals surface area (Å²) < 4.78 is 1.45. The van der Waals surface area contributed by atoms with E-state index in [1.54, 1.807) is 31.7 Å². The van der Waals surface area contributed by atoms with Crippen LogP contribution < -0.4 is 10.5 Å². The highest BCUT2D eigenvalue weighted by atomic mass is 16.2. The number of hydrogen-bond acceptors (Lipinski definition) is 5. The number of fused-ring (bicyclic) bond motifs is 1. The molecule has 1 amide bonds. The number of likely N-dealkylation sites (tertiary alicyclic amines) is 1. The number of aryl methyl sites for hydroxylation is 1. The molecule has 2 unspecified atom stereocenters. The maximum Gasteiger partial charge on any atom is 0.263 e. The van der Waals surface area contributed by atoms with Crippen molar-refractivity contribution in [1.82, 2.24) is 19.4 Å². The number of aromatic nitrogens is 3. The molecule has 0 N–H and O–H groups in total. The zero-order valence-electron chi connectivity index (χ0n) is 16.9. The first-order chi connectivity index (χ1) is 13.2. The Kier molecular flexibility index (Phi) is 4.48. The minimum absolute atomic E-state index is 0.0155. The lowest BCUT2D eigenvalue weighted by Gasteiger charge is -2.24. The van der Waals surface area contributed by atoms with Crippen LogP contribution in [0.15, 0.2) is 35.5 Å². The third-order valence-electron chi connectivity index (χ3n) is 5.87. The lowest BCUT2D eigenvalue weighted by Crippen LogP contribution is -2.37. The molecule has 4 heterocycles. The maximum atomic E-state index is 12.8. The largest absolute Gasteiger partial charge is 0.356 e. The zero-order chi connectivity index (χ0) is 20.1. The van der Waals surface area contributed by atoms with Crippen molar-refractivity contribution in [2.24, 2.45) is 18.9 Å². The van der Waals surface area contributed by atoms with E-state index in [0.717, 1.165) is 24.6 Å². The van der Waals surface area contributed by atoms with Gasteiger partial charge in [-0.3, -0.25) is 9.59 Å². The summed E-state index contributed by atoms with van der Waals surface area (Å²) in [4.78, 5) is 38.1. The van der Waals surface area contributed by atoms with Gasteiger partial charge in [0.15, 0.2) is 0 Å². The highest BCUT2D eigenvalue weighted by Crippen LogP contribution is 2.34. The van der Waals surface area contributed by atoms with Crippen LogP contribution >= 0.6 is 0 Å². The number of amides is 1. The molecule has 2 aromatic rings. The molecule has 0 aliphatic carbocycles. The minimum Gasteiger partial charge on any atom is -0.356 e. The van der Waals surface area contributed by atoms with E-state index in [4.69, 9.17) is 0 Å². The number of carbonyl (C=O) groups is 1. The van der Waals surface area contributed by atoms with Gasteiger partial charge in [-0.25, -0.2) is 9.97 Å². The van der Waals surface area contributed by atoms with Crippen molar-refractivity contribution in [3.8, 4) is 0 Å². The Labute approximate surface area is 165 Å². The van der Waals surface area contributed by atoms with Crippen LogP contribution in [0.5, 0.6) is 0 Å². The Bertz CT molecular complexity index is 948. The van der Waals surface area contributed by atoms with E-state index in [1.165, 1.54) is 4.57 Å². The zero-order valence-corrected chi connectivity index (χ0v) is 16.9. The van der Waals surface area contributed by atoms with Crippen molar-refractivity contribution in [3.63, 3.8) is 0 Å². The second-order valence-corrected chi connectivity index (χ2v) is 8.98. The fraction of sp³-hybridized carbons (Fsp3) is 0.524. The molecule has 0 spiro atoms. The number of carbonyl (C=O) groups excluding carboxylic acids is 1.